The Morgan fingerprint density at radius 1 is 1.30 bits per heavy atom. The first kappa shape index (κ1) is 13.6. The minimum absolute atomic E-state index is 0.00501. The molecule has 0 bridgehead atoms. The Morgan fingerprint density at radius 2 is 2.10 bits per heavy atom. The molecule has 1 saturated carbocycles. The number of hydrogen-bond donors (Lipinski definition) is 1. The highest BCUT2D eigenvalue weighted by Gasteiger charge is 2.45. The first-order chi connectivity index (χ1) is 9.63. The van der Waals surface area contributed by atoms with Crippen molar-refractivity contribution in [1.82, 2.24) is 0 Å². The fourth-order valence-corrected chi connectivity index (χ4v) is 3.67. The fourth-order valence-electron chi connectivity index (χ4n) is 3.67. The predicted octanol–water partition coefficient (Wildman–Crippen LogP) is 2.87. The van der Waals surface area contributed by atoms with E-state index in [4.69, 9.17) is 5.73 Å². The van der Waals surface area contributed by atoms with Crippen molar-refractivity contribution in [1.29, 1.82) is 0 Å². The molecule has 3 nitrogen and oxygen atoms in total. The molecule has 0 spiro atoms. The molecule has 3 rings (SSSR count). The lowest BCUT2D eigenvalue weighted by Gasteiger charge is -2.34. The van der Waals surface area contributed by atoms with Crippen LogP contribution in [-0.2, 0) is 11.2 Å². The summed E-state index contributed by atoms with van der Waals surface area (Å²) in [4.78, 5) is 15.1. The number of nitrogens with two attached hydrogens (primary N) is 1. The largest absolute Gasteiger partial charge is 0.327 e. The summed E-state index contributed by atoms with van der Waals surface area (Å²) in [6.07, 6.45) is 6.26. The normalized spacial score (nSPS) is 29.9. The monoisotopic (exact) mass is 272 g/mol. The van der Waals surface area contributed by atoms with Crippen LogP contribution in [0.4, 0.5) is 5.69 Å². The van der Waals surface area contributed by atoms with Crippen molar-refractivity contribution in [2.75, 3.05) is 11.4 Å². The van der Waals surface area contributed by atoms with Crippen molar-refractivity contribution in [3.8, 4) is 0 Å². The maximum absolute atomic E-state index is 13.1. The van der Waals surface area contributed by atoms with Gasteiger partial charge >= 0.3 is 0 Å². The van der Waals surface area contributed by atoms with Crippen LogP contribution in [0.1, 0.15) is 44.6 Å². The number of benzene rings is 1. The Labute approximate surface area is 121 Å². The van der Waals surface area contributed by atoms with E-state index in [9.17, 15) is 4.79 Å². The zero-order valence-electron chi connectivity index (χ0n) is 12.3. The number of hydrogen-bond acceptors (Lipinski definition) is 2. The lowest BCUT2D eigenvalue weighted by atomic mass is 9.83. The van der Waals surface area contributed by atoms with Gasteiger partial charge in [0, 0.05) is 18.3 Å². The second-order valence-electron chi connectivity index (χ2n) is 6.46. The molecule has 20 heavy (non-hydrogen) atoms. The summed E-state index contributed by atoms with van der Waals surface area (Å²) in [5.74, 6) is 0.233. The molecule has 0 radical (unpaired) electrons. The molecule has 1 aliphatic heterocycles. The minimum Gasteiger partial charge on any atom is -0.327 e. The Hall–Kier alpha value is -1.35. The van der Waals surface area contributed by atoms with Gasteiger partial charge in [0.15, 0.2) is 0 Å². The van der Waals surface area contributed by atoms with Gasteiger partial charge in [0.05, 0.1) is 5.41 Å². The van der Waals surface area contributed by atoms with Crippen LogP contribution >= 0.6 is 0 Å². The summed E-state index contributed by atoms with van der Waals surface area (Å²) in [6.45, 7) is 2.89. The van der Waals surface area contributed by atoms with E-state index in [2.05, 4.69) is 25.1 Å². The molecule has 1 fully saturated rings. The lowest BCUT2D eigenvalue weighted by molar-refractivity contribution is -0.127. The van der Waals surface area contributed by atoms with Crippen molar-refractivity contribution in [3.05, 3.63) is 29.8 Å². The molecule has 2 aliphatic rings. The number of carbonyl (C=O) groups excluding carboxylic acids is 1. The van der Waals surface area contributed by atoms with Gasteiger partial charge in [-0.1, -0.05) is 24.6 Å². The van der Waals surface area contributed by atoms with Crippen molar-refractivity contribution in [2.24, 2.45) is 11.1 Å². The van der Waals surface area contributed by atoms with E-state index in [1.165, 1.54) is 5.56 Å². The molecule has 3 heteroatoms. The van der Waals surface area contributed by atoms with Gasteiger partial charge in [-0.05, 0) is 50.7 Å². The molecule has 2 unspecified atom stereocenters. The van der Waals surface area contributed by atoms with Gasteiger partial charge in [-0.15, -0.1) is 0 Å². The van der Waals surface area contributed by atoms with E-state index in [0.29, 0.717) is 0 Å². The average molecular weight is 272 g/mol. The Morgan fingerprint density at radius 3 is 2.85 bits per heavy atom. The quantitative estimate of drug-likeness (QED) is 0.854. The number of para-hydroxylation sites is 1. The summed E-state index contributed by atoms with van der Waals surface area (Å²) in [5.41, 5.74) is 8.26. The summed E-state index contributed by atoms with van der Waals surface area (Å²) in [7, 11) is 0. The third-order valence-corrected chi connectivity index (χ3v) is 5.12. The highest BCUT2D eigenvalue weighted by Crippen LogP contribution is 2.40. The van der Waals surface area contributed by atoms with Gasteiger partial charge in [-0.25, -0.2) is 0 Å². The van der Waals surface area contributed by atoms with Gasteiger partial charge in [0.25, 0.3) is 0 Å². The molecule has 108 valence electrons. The standard InChI is InChI=1S/C17H24N2O/c1-17(11-6-10-15(17)18)16(20)19-12-5-4-8-13-7-2-3-9-14(13)19/h2-3,7,9,15H,4-6,8,10-12,18H2,1H3. The molecule has 0 aromatic heterocycles. The SMILES string of the molecule is CC1(C(=O)N2CCCCc3ccccc32)CCCC1N. The Balaban J connectivity index is 1.95. The first-order valence-electron chi connectivity index (χ1n) is 7.78. The topological polar surface area (TPSA) is 46.3 Å². The van der Waals surface area contributed by atoms with Crippen molar-refractivity contribution >= 4 is 11.6 Å². The van der Waals surface area contributed by atoms with Crippen LogP contribution < -0.4 is 10.6 Å². The number of anilines is 1. The summed E-state index contributed by atoms with van der Waals surface area (Å²) >= 11 is 0. The summed E-state index contributed by atoms with van der Waals surface area (Å²) in [6, 6.07) is 8.34. The van der Waals surface area contributed by atoms with Gasteiger partial charge in [0.2, 0.25) is 5.91 Å². The smallest absolute Gasteiger partial charge is 0.234 e. The second-order valence-corrected chi connectivity index (χ2v) is 6.46. The lowest BCUT2D eigenvalue weighted by Crippen LogP contribution is -2.49. The molecule has 1 aromatic carbocycles. The predicted molar refractivity (Wildman–Crippen MR) is 81.7 cm³/mol. The molecule has 0 saturated heterocycles. The highest BCUT2D eigenvalue weighted by molar-refractivity contribution is 5.98. The van der Waals surface area contributed by atoms with Crippen molar-refractivity contribution in [2.45, 2.75) is 51.5 Å². The number of rotatable bonds is 1. The molecule has 1 aliphatic carbocycles. The van der Waals surface area contributed by atoms with Crippen LogP contribution in [0.2, 0.25) is 0 Å². The highest BCUT2D eigenvalue weighted by atomic mass is 16.2. The van der Waals surface area contributed by atoms with Crippen LogP contribution in [0.3, 0.4) is 0 Å². The average Bonchev–Trinajstić information content (AvgIpc) is 2.69. The van der Waals surface area contributed by atoms with E-state index >= 15 is 0 Å². The van der Waals surface area contributed by atoms with Gasteiger partial charge < -0.3 is 10.6 Å². The zero-order valence-corrected chi connectivity index (χ0v) is 12.3. The van der Waals surface area contributed by atoms with Crippen molar-refractivity contribution < 1.29 is 4.79 Å². The molecule has 2 N–H and O–H groups in total. The van der Waals surface area contributed by atoms with E-state index in [-0.39, 0.29) is 17.4 Å². The third-order valence-electron chi connectivity index (χ3n) is 5.12. The van der Waals surface area contributed by atoms with Crippen LogP contribution in [-0.4, -0.2) is 18.5 Å². The van der Waals surface area contributed by atoms with Gasteiger partial charge in [-0.2, -0.15) is 0 Å². The third kappa shape index (κ3) is 2.14. The Bertz CT molecular complexity index is 513. The zero-order chi connectivity index (χ0) is 14.2. The molecular formula is C17H24N2O. The number of amides is 1. The summed E-state index contributed by atoms with van der Waals surface area (Å²) < 4.78 is 0. The summed E-state index contributed by atoms with van der Waals surface area (Å²) in [5, 5.41) is 0. The van der Waals surface area contributed by atoms with Crippen LogP contribution in [0.15, 0.2) is 24.3 Å². The van der Waals surface area contributed by atoms with Crippen LogP contribution in [0.25, 0.3) is 0 Å². The minimum atomic E-state index is -0.378. The first-order valence-corrected chi connectivity index (χ1v) is 7.78. The van der Waals surface area contributed by atoms with E-state index in [1.807, 2.05) is 11.0 Å². The maximum atomic E-state index is 13.1. The number of aryl methyl sites for hydroxylation is 1. The molecule has 1 aromatic rings. The number of carbonyl (C=O) groups is 1. The van der Waals surface area contributed by atoms with E-state index in [0.717, 1.165) is 50.8 Å². The van der Waals surface area contributed by atoms with Crippen LogP contribution in [0.5, 0.6) is 0 Å². The van der Waals surface area contributed by atoms with Gasteiger partial charge in [0.1, 0.15) is 0 Å². The van der Waals surface area contributed by atoms with Crippen molar-refractivity contribution in [3.63, 3.8) is 0 Å². The van der Waals surface area contributed by atoms with Gasteiger partial charge in [-0.3, -0.25) is 4.79 Å². The molecular weight excluding hydrogens is 248 g/mol. The van der Waals surface area contributed by atoms with E-state index < -0.39 is 0 Å². The maximum Gasteiger partial charge on any atom is 0.234 e. The molecule has 2 atom stereocenters. The Kier molecular flexibility index (Phi) is 3.55. The van der Waals surface area contributed by atoms with E-state index in [1.54, 1.807) is 0 Å². The second kappa shape index (κ2) is 5.21. The fraction of sp³-hybridized carbons (Fsp3) is 0.588. The molecule has 1 heterocycles. The molecule has 1 amide bonds. The number of fused-ring (bicyclic) bond motifs is 1. The van der Waals surface area contributed by atoms with Crippen LogP contribution in [0, 0.1) is 5.41 Å². The number of nitrogens with zero attached hydrogens (tertiary/aromatic N) is 1.